The molecule has 1 atom stereocenters. The molecule has 1 aliphatic rings. The highest BCUT2D eigenvalue weighted by atomic mass is 32.1. The zero-order valence-corrected chi connectivity index (χ0v) is 14.7. The average molecular weight is 357 g/mol. The Kier molecular flexibility index (Phi) is 4.85. The van der Waals surface area contributed by atoms with Crippen molar-refractivity contribution in [3.05, 3.63) is 67.9 Å². The van der Waals surface area contributed by atoms with E-state index in [9.17, 15) is 14.9 Å². The summed E-state index contributed by atoms with van der Waals surface area (Å²) in [5.74, 6) is 0.466. The number of thiophene rings is 1. The molecule has 2 N–H and O–H groups in total. The topological polar surface area (TPSA) is 84.3 Å². The van der Waals surface area contributed by atoms with Gasteiger partial charge >= 0.3 is 0 Å². The van der Waals surface area contributed by atoms with E-state index in [1.807, 2.05) is 6.07 Å². The van der Waals surface area contributed by atoms with Gasteiger partial charge in [-0.25, -0.2) is 0 Å². The Morgan fingerprint density at radius 3 is 2.72 bits per heavy atom. The summed E-state index contributed by atoms with van der Waals surface area (Å²) in [5, 5.41) is 10.7. The van der Waals surface area contributed by atoms with Crippen LogP contribution in [0.3, 0.4) is 0 Å². The third-order valence-electron chi connectivity index (χ3n) is 4.31. The highest BCUT2D eigenvalue weighted by Crippen LogP contribution is 2.32. The molecule has 130 valence electrons. The van der Waals surface area contributed by atoms with Gasteiger partial charge in [0.2, 0.25) is 0 Å². The molecule has 1 heterocycles. The van der Waals surface area contributed by atoms with Gasteiger partial charge in [-0.15, -0.1) is 11.3 Å². The molecular weight excluding hydrogens is 338 g/mol. The highest BCUT2D eigenvalue weighted by molar-refractivity contribution is 7.14. The summed E-state index contributed by atoms with van der Waals surface area (Å²) in [6, 6.07) is 7.95. The molecule has 0 saturated heterocycles. The van der Waals surface area contributed by atoms with Gasteiger partial charge in [-0.2, -0.15) is 0 Å². The van der Waals surface area contributed by atoms with Crippen LogP contribution in [0.25, 0.3) is 5.70 Å². The van der Waals surface area contributed by atoms with Gasteiger partial charge in [-0.1, -0.05) is 13.5 Å². The largest absolute Gasteiger partial charge is 0.298 e. The molecule has 6 nitrogen and oxygen atoms in total. The number of nitrogens with one attached hydrogen (secondary N) is 2. The van der Waals surface area contributed by atoms with Crippen molar-refractivity contribution in [2.45, 2.75) is 26.2 Å². The second-order valence-electron chi connectivity index (χ2n) is 6.27. The minimum atomic E-state index is -0.457. The van der Waals surface area contributed by atoms with Crippen molar-refractivity contribution in [1.29, 1.82) is 0 Å². The van der Waals surface area contributed by atoms with E-state index in [-0.39, 0.29) is 11.6 Å². The van der Waals surface area contributed by atoms with Crippen molar-refractivity contribution in [3.63, 3.8) is 0 Å². The lowest BCUT2D eigenvalue weighted by molar-refractivity contribution is -0.384. The standard InChI is InChI=1S/C18H19N3O3S/c1-11-3-8-16-14(9-11)10-17(25-16)18(22)20-19-12(2)13-4-6-15(7-5-13)21(23)24/h4-7,10-11,19H,2-3,8-9H2,1H3,(H,20,22)/t11-/m0/s1. The van der Waals surface area contributed by atoms with Gasteiger partial charge in [0.05, 0.1) is 15.5 Å². The van der Waals surface area contributed by atoms with E-state index in [0.717, 1.165) is 12.8 Å². The van der Waals surface area contributed by atoms with Crippen molar-refractivity contribution in [1.82, 2.24) is 10.9 Å². The molecule has 1 aromatic carbocycles. The first kappa shape index (κ1) is 17.2. The van der Waals surface area contributed by atoms with Gasteiger partial charge < -0.3 is 0 Å². The number of benzene rings is 1. The first-order valence-corrected chi connectivity index (χ1v) is 8.87. The molecule has 0 fully saturated rings. The molecule has 0 saturated carbocycles. The number of nitro groups is 1. The third kappa shape index (κ3) is 3.88. The number of nitrogens with zero attached hydrogens (tertiary/aromatic N) is 1. The van der Waals surface area contributed by atoms with E-state index >= 15 is 0 Å². The Morgan fingerprint density at radius 1 is 1.32 bits per heavy atom. The lowest BCUT2D eigenvalue weighted by Crippen LogP contribution is -2.35. The first-order valence-electron chi connectivity index (χ1n) is 8.05. The van der Waals surface area contributed by atoms with Gasteiger partial charge in [0, 0.05) is 17.0 Å². The lowest BCUT2D eigenvalue weighted by Gasteiger charge is -2.16. The number of hydrogen-bond donors (Lipinski definition) is 2. The molecule has 3 rings (SSSR count). The predicted octanol–water partition coefficient (Wildman–Crippen LogP) is 3.69. The molecule has 2 aromatic rings. The molecule has 1 aliphatic carbocycles. The molecule has 25 heavy (non-hydrogen) atoms. The number of nitro benzene ring substituents is 1. The van der Waals surface area contributed by atoms with Gasteiger partial charge in [0.1, 0.15) is 0 Å². The monoisotopic (exact) mass is 357 g/mol. The molecule has 0 radical (unpaired) electrons. The SMILES string of the molecule is C=C(NNC(=O)c1cc2c(s1)CC[C@H](C)C2)c1ccc([N+](=O)[O-])cc1. The van der Waals surface area contributed by atoms with Crippen LogP contribution in [0, 0.1) is 16.0 Å². The molecular formula is C18H19N3O3S. The molecule has 1 aromatic heterocycles. The highest BCUT2D eigenvalue weighted by Gasteiger charge is 2.20. The summed E-state index contributed by atoms with van der Waals surface area (Å²) in [5.41, 5.74) is 7.86. The number of hydrazine groups is 1. The first-order chi connectivity index (χ1) is 11.9. The van der Waals surface area contributed by atoms with Crippen molar-refractivity contribution in [3.8, 4) is 0 Å². The Hall–Kier alpha value is -2.67. The van der Waals surface area contributed by atoms with E-state index in [2.05, 4.69) is 24.4 Å². The average Bonchev–Trinajstić information content (AvgIpc) is 3.02. The van der Waals surface area contributed by atoms with Crippen LogP contribution in [0.15, 0.2) is 36.9 Å². The molecule has 7 heteroatoms. The van der Waals surface area contributed by atoms with Crippen molar-refractivity contribution in [2.24, 2.45) is 5.92 Å². The summed E-state index contributed by atoms with van der Waals surface area (Å²) < 4.78 is 0. The van der Waals surface area contributed by atoms with Crippen molar-refractivity contribution in [2.75, 3.05) is 0 Å². The van der Waals surface area contributed by atoms with E-state index < -0.39 is 4.92 Å². The predicted molar refractivity (Wildman–Crippen MR) is 98.2 cm³/mol. The number of hydrogen-bond acceptors (Lipinski definition) is 5. The molecule has 0 bridgehead atoms. The van der Waals surface area contributed by atoms with Crippen LogP contribution in [-0.2, 0) is 12.8 Å². The third-order valence-corrected chi connectivity index (χ3v) is 5.54. The van der Waals surface area contributed by atoms with Crippen LogP contribution in [0.1, 0.15) is 39.0 Å². The maximum absolute atomic E-state index is 12.3. The number of amides is 1. The van der Waals surface area contributed by atoms with Gasteiger partial charge in [0.25, 0.3) is 11.6 Å². The lowest BCUT2D eigenvalue weighted by atomic mass is 9.90. The Morgan fingerprint density at radius 2 is 2.04 bits per heavy atom. The maximum atomic E-state index is 12.3. The summed E-state index contributed by atoms with van der Waals surface area (Å²) in [6.07, 6.45) is 3.24. The fraction of sp³-hybridized carbons (Fsp3) is 0.278. The van der Waals surface area contributed by atoms with Crippen molar-refractivity contribution >= 4 is 28.6 Å². The Bertz CT molecular complexity index is 827. The van der Waals surface area contributed by atoms with Crippen LogP contribution >= 0.6 is 11.3 Å². The smallest absolute Gasteiger partial charge is 0.279 e. The normalized spacial score (nSPS) is 16.0. The number of aryl methyl sites for hydroxylation is 1. The molecule has 0 unspecified atom stereocenters. The van der Waals surface area contributed by atoms with E-state index in [4.69, 9.17) is 0 Å². The summed E-state index contributed by atoms with van der Waals surface area (Å²) in [7, 11) is 0. The summed E-state index contributed by atoms with van der Waals surface area (Å²) in [4.78, 5) is 24.5. The van der Waals surface area contributed by atoms with Crippen LogP contribution in [0.4, 0.5) is 5.69 Å². The van der Waals surface area contributed by atoms with Crippen LogP contribution < -0.4 is 10.9 Å². The number of rotatable bonds is 5. The molecule has 1 amide bonds. The van der Waals surface area contributed by atoms with Gasteiger partial charge in [-0.05, 0) is 54.5 Å². The molecule has 0 aliphatic heterocycles. The number of carbonyl (C=O) groups excluding carboxylic acids is 1. The zero-order chi connectivity index (χ0) is 18.0. The van der Waals surface area contributed by atoms with Crippen LogP contribution in [0.5, 0.6) is 0 Å². The van der Waals surface area contributed by atoms with E-state index in [1.165, 1.54) is 29.0 Å². The quantitative estimate of drug-likeness (QED) is 0.631. The number of fused-ring (bicyclic) bond motifs is 1. The fourth-order valence-electron chi connectivity index (χ4n) is 2.87. The Balaban J connectivity index is 1.60. The minimum Gasteiger partial charge on any atom is -0.298 e. The zero-order valence-electron chi connectivity index (χ0n) is 13.9. The van der Waals surface area contributed by atoms with Crippen molar-refractivity contribution < 1.29 is 9.72 Å². The van der Waals surface area contributed by atoms with Gasteiger partial charge in [-0.3, -0.25) is 25.8 Å². The Labute approximate surface area is 149 Å². The van der Waals surface area contributed by atoms with E-state index in [1.54, 1.807) is 23.5 Å². The van der Waals surface area contributed by atoms with Crippen LogP contribution in [-0.4, -0.2) is 10.8 Å². The second kappa shape index (κ2) is 7.06. The minimum absolute atomic E-state index is 0.0129. The second-order valence-corrected chi connectivity index (χ2v) is 7.41. The van der Waals surface area contributed by atoms with Gasteiger partial charge in [0.15, 0.2) is 0 Å². The maximum Gasteiger partial charge on any atom is 0.279 e. The summed E-state index contributed by atoms with van der Waals surface area (Å²) in [6.45, 7) is 6.08. The number of carbonyl (C=O) groups is 1. The summed E-state index contributed by atoms with van der Waals surface area (Å²) >= 11 is 1.54. The van der Waals surface area contributed by atoms with E-state index in [0.29, 0.717) is 22.1 Å². The molecule has 0 spiro atoms. The van der Waals surface area contributed by atoms with Crippen LogP contribution in [0.2, 0.25) is 0 Å². The number of non-ortho nitro benzene ring substituents is 1. The fourth-order valence-corrected chi connectivity index (χ4v) is 3.97.